The van der Waals surface area contributed by atoms with E-state index in [2.05, 4.69) is 6.92 Å². The van der Waals surface area contributed by atoms with Crippen molar-refractivity contribution >= 4 is 5.97 Å². The predicted molar refractivity (Wildman–Crippen MR) is 67.1 cm³/mol. The minimum Gasteiger partial charge on any atom is -0.480 e. The fourth-order valence-corrected chi connectivity index (χ4v) is 2.64. The molecular weight excluding hydrogens is 218 g/mol. The second kappa shape index (κ2) is 6.97. The molecule has 1 rings (SSSR count). The van der Waals surface area contributed by atoms with E-state index in [-0.39, 0.29) is 6.04 Å². The Hall–Kier alpha value is -0.610. The van der Waals surface area contributed by atoms with Crippen molar-refractivity contribution in [3.63, 3.8) is 0 Å². The molecule has 1 aliphatic rings. The zero-order chi connectivity index (χ0) is 12.8. The van der Waals surface area contributed by atoms with Gasteiger partial charge in [-0.3, -0.25) is 9.69 Å². The topological polar surface area (TPSA) is 49.8 Å². The second-order valence-electron chi connectivity index (χ2n) is 4.89. The monoisotopic (exact) mass is 243 g/mol. The Labute approximate surface area is 104 Å². The lowest BCUT2D eigenvalue weighted by molar-refractivity contribution is -0.145. The SMILES string of the molecule is CCCC1CC(N(C)C(CC)C(=O)O)CCO1. The molecule has 0 bridgehead atoms. The normalized spacial score (nSPS) is 27.1. The van der Waals surface area contributed by atoms with Gasteiger partial charge in [-0.15, -0.1) is 0 Å². The van der Waals surface area contributed by atoms with Crippen molar-refractivity contribution in [1.82, 2.24) is 4.90 Å². The van der Waals surface area contributed by atoms with Crippen molar-refractivity contribution in [2.45, 2.75) is 64.1 Å². The average molecular weight is 243 g/mol. The molecule has 0 aromatic carbocycles. The molecule has 0 amide bonds. The van der Waals surface area contributed by atoms with E-state index in [9.17, 15) is 9.90 Å². The van der Waals surface area contributed by atoms with Crippen LogP contribution in [-0.4, -0.2) is 47.8 Å². The third-order valence-electron chi connectivity index (χ3n) is 3.69. The number of rotatable bonds is 6. The number of hydrogen-bond donors (Lipinski definition) is 1. The lowest BCUT2D eigenvalue weighted by Gasteiger charge is -2.38. The van der Waals surface area contributed by atoms with E-state index in [0.717, 1.165) is 32.3 Å². The first kappa shape index (κ1) is 14.5. The van der Waals surface area contributed by atoms with Crippen LogP contribution >= 0.6 is 0 Å². The summed E-state index contributed by atoms with van der Waals surface area (Å²) in [4.78, 5) is 13.2. The molecule has 3 unspecified atom stereocenters. The van der Waals surface area contributed by atoms with Gasteiger partial charge in [-0.2, -0.15) is 0 Å². The maximum absolute atomic E-state index is 11.1. The first-order chi connectivity index (χ1) is 8.10. The molecule has 100 valence electrons. The van der Waals surface area contributed by atoms with E-state index in [1.165, 1.54) is 0 Å². The van der Waals surface area contributed by atoms with Gasteiger partial charge in [-0.05, 0) is 32.7 Å². The molecule has 1 aliphatic heterocycles. The van der Waals surface area contributed by atoms with Crippen LogP contribution < -0.4 is 0 Å². The number of carbonyl (C=O) groups is 1. The first-order valence-electron chi connectivity index (χ1n) is 6.66. The Morgan fingerprint density at radius 3 is 2.76 bits per heavy atom. The number of nitrogens with zero attached hydrogens (tertiary/aromatic N) is 1. The Kier molecular flexibility index (Phi) is 5.92. The molecule has 0 aromatic heterocycles. The van der Waals surface area contributed by atoms with Gasteiger partial charge in [-0.1, -0.05) is 20.3 Å². The Balaban J connectivity index is 2.55. The average Bonchev–Trinajstić information content (AvgIpc) is 2.30. The van der Waals surface area contributed by atoms with E-state index in [1.54, 1.807) is 0 Å². The van der Waals surface area contributed by atoms with E-state index in [4.69, 9.17) is 4.74 Å². The van der Waals surface area contributed by atoms with Crippen molar-refractivity contribution in [2.75, 3.05) is 13.7 Å². The highest BCUT2D eigenvalue weighted by Crippen LogP contribution is 2.23. The maximum Gasteiger partial charge on any atom is 0.320 e. The van der Waals surface area contributed by atoms with Crippen molar-refractivity contribution < 1.29 is 14.6 Å². The summed E-state index contributed by atoms with van der Waals surface area (Å²) >= 11 is 0. The van der Waals surface area contributed by atoms with Crippen molar-refractivity contribution in [3.05, 3.63) is 0 Å². The second-order valence-corrected chi connectivity index (χ2v) is 4.89. The highest BCUT2D eigenvalue weighted by Gasteiger charge is 2.31. The zero-order valence-corrected chi connectivity index (χ0v) is 11.2. The fraction of sp³-hybridized carbons (Fsp3) is 0.923. The molecule has 0 aromatic rings. The van der Waals surface area contributed by atoms with Crippen LogP contribution in [0.1, 0.15) is 46.0 Å². The van der Waals surface area contributed by atoms with Gasteiger partial charge in [0.1, 0.15) is 6.04 Å². The van der Waals surface area contributed by atoms with Crippen LogP contribution in [-0.2, 0) is 9.53 Å². The molecule has 17 heavy (non-hydrogen) atoms. The van der Waals surface area contributed by atoms with Gasteiger partial charge < -0.3 is 9.84 Å². The van der Waals surface area contributed by atoms with Crippen LogP contribution in [0.15, 0.2) is 0 Å². The number of carboxylic acid groups (broad SMARTS) is 1. The molecule has 0 saturated carbocycles. The molecule has 1 fully saturated rings. The van der Waals surface area contributed by atoms with Gasteiger partial charge in [-0.25, -0.2) is 0 Å². The Bertz CT molecular complexity index is 243. The quantitative estimate of drug-likeness (QED) is 0.776. The van der Waals surface area contributed by atoms with Crippen molar-refractivity contribution in [1.29, 1.82) is 0 Å². The van der Waals surface area contributed by atoms with E-state index < -0.39 is 5.97 Å². The van der Waals surface area contributed by atoms with Gasteiger partial charge in [0.15, 0.2) is 0 Å². The third-order valence-corrected chi connectivity index (χ3v) is 3.69. The molecule has 3 atom stereocenters. The third kappa shape index (κ3) is 3.96. The largest absolute Gasteiger partial charge is 0.480 e. The van der Waals surface area contributed by atoms with Crippen molar-refractivity contribution in [2.24, 2.45) is 0 Å². The van der Waals surface area contributed by atoms with Crippen LogP contribution in [0.5, 0.6) is 0 Å². The van der Waals surface area contributed by atoms with Gasteiger partial charge in [0.05, 0.1) is 6.10 Å². The molecule has 1 N–H and O–H groups in total. The molecule has 1 heterocycles. The lowest BCUT2D eigenvalue weighted by Crippen LogP contribution is -2.48. The molecule has 1 saturated heterocycles. The highest BCUT2D eigenvalue weighted by molar-refractivity contribution is 5.73. The smallest absolute Gasteiger partial charge is 0.320 e. The van der Waals surface area contributed by atoms with E-state index in [1.807, 2.05) is 18.9 Å². The summed E-state index contributed by atoms with van der Waals surface area (Å²) in [7, 11) is 1.93. The summed E-state index contributed by atoms with van der Waals surface area (Å²) in [5, 5.41) is 9.17. The predicted octanol–water partition coefficient (Wildman–Crippen LogP) is 2.13. The summed E-state index contributed by atoms with van der Waals surface area (Å²) in [5.41, 5.74) is 0. The fourth-order valence-electron chi connectivity index (χ4n) is 2.64. The number of likely N-dealkylation sites (N-methyl/N-ethyl adjacent to an activating group) is 1. The molecule has 0 aliphatic carbocycles. The molecule has 4 nitrogen and oxygen atoms in total. The highest BCUT2D eigenvalue weighted by atomic mass is 16.5. The number of aliphatic carboxylic acids is 1. The maximum atomic E-state index is 11.1. The number of ether oxygens (including phenoxy) is 1. The molecule has 4 heteroatoms. The molecular formula is C13H25NO3. The summed E-state index contributed by atoms with van der Waals surface area (Å²) in [6.45, 7) is 4.84. The number of hydrogen-bond acceptors (Lipinski definition) is 3. The standard InChI is InChI=1S/C13H25NO3/c1-4-6-11-9-10(7-8-17-11)14(3)12(5-2)13(15)16/h10-12H,4-9H2,1-3H3,(H,15,16). The van der Waals surface area contributed by atoms with Gasteiger partial charge in [0.25, 0.3) is 0 Å². The van der Waals surface area contributed by atoms with Crippen molar-refractivity contribution in [3.8, 4) is 0 Å². The summed E-state index contributed by atoms with van der Waals surface area (Å²) in [6.07, 6.45) is 5.08. The van der Waals surface area contributed by atoms with Gasteiger partial charge in [0, 0.05) is 12.6 Å². The van der Waals surface area contributed by atoms with Crippen LogP contribution in [0.2, 0.25) is 0 Å². The zero-order valence-electron chi connectivity index (χ0n) is 11.2. The Morgan fingerprint density at radius 2 is 2.24 bits per heavy atom. The summed E-state index contributed by atoms with van der Waals surface area (Å²) in [5.74, 6) is -0.714. The number of carboxylic acids is 1. The van der Waals surface area contributed by atoms with Gasteiger partial charge in [0.2, 0.25) is 0 Å². The summed E-state index contributed by atoms with van der Waals surface area (Å²) in [6, 6.07) is -0.0123. The molecule has 0 spiro atoms. The van der Waals surface area contributed by atoms with Crippen LogP contribution in [0, 0.1) is 0 Å². The first-order valence-corrected chi connectivity index (χ1v) is 6.66. The minimum atomic E-state index is -0.714. The van der Waals surface area contributed by atoms with E-state index >= 15 is 0 Å². The van der Waals surface area contributed by atoms with Gasteiger partial charge >= 0.3 is 5.97 Å². The molecule has 0 radical (unpaired) electrons. The van der Waals surface area contributed by atoms with Crippen LogP contribution in [0.25, 0.3) is 0 Å². The van der Waals surface area contributed by atoms with Crippen LogP contribution in [0.3, 0.4) is 0 Å². The lowest BCUT2D eigenvalue weighted by atomic mass is 9.97. The summed E-state index contributed by atoms with van der Waals surface area (Å²) < 4.78 is 5.70. The van der Waals surface area contributed by atoms with E-state index in [0.29, 0.717) is 18.6 Å². The van der Waals surface area contributed by atoms with Crippen LogP contribution in [0.4, 0.5) is 0 Å². The Morgan fingerprint density at radius 1 is 1.53 bits per heavy atom. The minimum absolute atomic E-state index is 0.313.